The molecule has 2 heterocycles. The predicted molar refractivity (Wildman–Crippen MR) is 144 cm³/mol. The van der Waals surface area contributed by atoms with Gasteiger partial charge >= 0.3 is 5.97 Å². The fourth-order valence-electron chi connectivity index (χ4n) is 4.74. The third-order valence-electron chi connectivity index (χ3n) is 6.62. The van der Waals surface area contributed by atoms with Crippen molar-refractivity contribution in [2.24, 2.45) is 0 Å². The molecule has 37 heavy (non-hydrogen) atoms. The molecule has 0 aliphatic carbocycles. The summed E-state index contributed by atoms with van der Waals surface area (Å²) in [6.45, 7) is 0.558. The van der Waals surface area contributed by atoms with Crippen LogP contribution in [0.2, 0.25) is 5.02 Å². The number of aryl methyl sites for hydroxylation is 1. The van der Waals surface area contributed by atoms with E-state index in [2.05, 4.69) is 11.4 Å². The number of benzene rings is 3. The summed E-state index contributed by atoms with van der Waals surface area (Å²) >= 11 is 6.09. The number of aromatic nitrogens is 1. The number of carboxylic acid groups (broad SMARTS) is 1. The van der Waals surface area contributed by atoms with E-state index in [4.69, 9.17) is 26.4 Å². The van der Waals surface area contributed by atoms with Gasteiger partial charge in [-0.25, -0.2) is 4.98 Å². The van der Waals surface area contributed by atoms with E-state index < -0.39 is 5.97 Å². The lowest BCUT2D eigenvalue weighted by Crippen LogP contribution is -2.32. The van der Waals surface area contributed by atoms with Crippen LogP contribution in [0.1, 0.15) is 53.2 Å². The third-order valence-corrected chi connectivity index (χ3v) is 6.88. The summed E-state index contributed by atoms with van der Waals surface area (Å²) in [5.41, 5.74) is 5.13. The van der Waals surface area contributed by atoms with Gasteiger partial charge in [0.25, 0.3) is 5.91 Å². The molecule has 5 rings (SSSR count). The quantitative estimate of drug-likeness (QED) is 0.258. The van der Waals surface area contributed by atoms with E-state index in [1.54, 1.807) is 6.07 Å². The Hall–Kier alpha value is -3.90. The zero-order valence-corrected chi connectivity index (χ0v) is 21.0. The lowest BCUT2D eigenvalue weighted by Gasteiger charge is -2.26. The number of ether oxygens (including phenoxy) is 1. The number of amides is 1. The van der Waals surface area contributed by atoms with Crippen LogP contribution in [0.5, 0.6) is 5.75 Å². The fraction of sp³-hybridized carbons (Fsp3) is 0.233. The van der Waals surface area contributed by atoms with Crippen LogP contribution < -0.4 is 10.1 Å². The van der Waals surface area contributed by atoms with Crippen LogP contribution in [0.3, 0.4) is 0 Å². The third kappa shape index (κ3) is 5.75. The molecule has 6 nitrogen and oxygen atoms in total. The van der Waals surface area contributed by atoms with Gasteiger partial charge in [0.1, 0.15) is 5.75 Å². The first-order chi connectivity index (χ1) is 18.0. The molecule has 3 aromatic carbocycles. The molecular formula is C30H27ClN2O4. The van der Waals surface area contributed by atoms with Gasteiger partial charge in [0, 0.05) is 39.9 Å². The molecular weight excluding hydrogens is 488 g/mol. The largest absolute Gasteiger partial charge is 0.493 e. The number of hydrogen-bond acceptors (Lipinski definition) is 4. The predicted octanol–water partition coefficient (Wildman–Crippen LogP) is 6.61. The van der Waals surface area contributed by atoms with Crippen molar-refractivity contribution in [3.05, 3.63) is 94.5 Å². The van der Waals surface area contributed by atoms with Crippen molar-refractivity contribution >= 4 is 34.4 Å². The van der Waals surface area contributed by atoms with E-state index in [1.165, 1.54) is 0 Å². The Morgan fingerprint density at radius 1 is 1.03 bits per heavy atom. The van der Waals surface area contributed by atoms with E-state index in [-0.39, 0.29) is 18.4 Å². The van der Waals surface area contributed by atoms with Gasteiger partial charge in [0.15, 0.2) is 0 Å². The average molecular weight is 515 g/mol. The van der Waals surface area contributed by atoms with Gasteiger partial charge in [0.2, 0.25) is 0 Å². The molecule has 0 saturated carbocycles. The van der Waals surface area contributed by atoms with Gasteiger partial charge < -0.3 is 15.2 Å². The highest BCUT2D eigenvalue weighted by molar-refractivity contribution is 6.30. The van der Waals surface area contributed by atoms with Crippen LogP contribution >= 0.6 is 11.6 Å². The normalized spacial score (nSPS) is 14.6. The first-order valence-corrected chi connectivity index (χ1v) is 12.8. The van der Waals surface area contributed by atoms with E-state index in [0.717, 1.165) is 45.5 Å². The number of hydrogen-bond donors (Lipinski definition) is 2. The van der Waals surface area contributed by atoms with Gasteiger partial charge in [-0.2, -0.15) is 0 Å². The minimum Gasteiger partial charge on any atom is -0.493 e. The smallest absolute Gasteiger partial charge is 0.303 e. The summed E-state index contributed by atoms with van der Waals surface area (Å²) in [7, 11) is 0. The van der Waals surface area contributed by atoms with Crippen LogP contribution in [0.4, 0.5) is 0 Å². The second-order valence-corrected chi connectivity index (χ2v) is 9.65. The molecule has 2 N–H and O–H groups in total. The SMILES string of the molecule is O=C(O)CCCCc1cc2cc(C(=O)NC3CCOc4ccccc43)ccc2nc1-c1ccc(Cl)cc1. The van der Waals surface area contributed by atoms with Gasteiger partial charge in [-0.05, 0) is 67.3 Å². The van der Waals surface area contributed by atoms with Crippen LogP contribution in [-0.4, -0.2) is 28.6 Å². The highest BCUT2D eigenvalue weighted by atomic mass is 35.5. The molecule has 0 radical (unpaired) electrons. The number of carboxylic acids is 1. The lowest BCUT2D eigenvalue weighted by atomic mass is 9.97. The number of rotatable bonds is 8. The van der Waals surface area contributed by atoms with Crippen molar-refractivity contribution < 1.29 is 19.4 Å². The van der Waals surface area contributed by atoms with Crippen molar-refractivity contribution in [1.82, 2.24) is 10.3 Å². The minimum absolute atomic E-state index is 0.108. The molecule has 7 heteroatoms. The van der Waals surface area contributed by atoms with Gasteiger partial charge in [-0.3, -0.25) is 9.59 Å². The van der Waals surface area contributed by atoms with Gasteiger partial charge in [-0.15, -0.1) is 0 Å². The number of halogens is 1. The molecule has 188 valence electrons. The molecule has 1 aromatic heterocycles. The molecule has 1 unspecified atom stereocenters. The number of nitrogens with one attached hydrogen (secondary N) is 1. The Labute approximate surface area is 220 Å². The first kappa shape index (κ1) is 24.8. The fourth-order valence-corrected chi connectivity index (χ4v) is 4.86. The van der Waals surface area contributed by atoms with Crippen LogP contribution in [0, 0.1) is 0 Å². The Balaban J connectivity index is 1.43. The van der Waals surface area contributed by atoms with Gasteiger partial charge in [-0.1, -0.05) is 41.9 Å². The second kappa shape index (κ2) is 11.0. The summed E-state index contributed by atoms with van der Waals surface area (Å²) in [6, 6.07) is 22.8. The molecule has 1 aliphatic rings. The number of unbranched alkanes of at least 4 members (excludes halogenated alkanes) is 1. The topological polar surface area (TPSA) is 88.5 Å². The molecule has 4 aromatic rings. The zero-order chi connectivity index (χ0) is 25.8. The number of pyridine rings is 1. The highest BCUT2D eigenvalue weighted by Crippen LogP contribution is 2.32. The lowest BCUT2D eigenvalue weighted by molar-refractivity contribution is -0.137. The van der Waals surface area contributed by atoms with Crippen molar-refractivity contribution in [2.75, 3.05) is 6.61 Å². The van der Waals surface area contributed by atoms with Crippen molar-refractivity contribution in [3.8, 4) is 17.0 Å². The summed E-state index contributed by atoms with van der Waals surface area (Å²) < 4.78 is 5.72. The maximum absolute atomic E-state index is 13.2. The summed E-state index contributed by atoms with van der Waals surface area (Å²) in [5.74, 6) is -0.130. The Kier molecular flexibility index (Phi) is 7.37. The number of nitrogens with zero attached hydrogens (tertiary/aromatic N) is 1. The van der Waals surface area contributed by atoms with E-state index in [9.17, 15) is 9.59 Å². The standard InChI is InChI=1S/C30H27ClN2O4/c31-23-12-9-19(10-13-23)29-20(5-1-4-8-28(34)35)17-22-18-21(11-14-25(22)32-29)30(36)33-26-15-16-37-27-7-3-2-6-24(26)27/h2-3,6-7,9-14,17-18,26H,1,4-5,8,15-16H2,(H,33,36)(H,34,35). The summed E-state index contributed by atoms with van der Waals surface area (Å²) in [4.78, 5) is 29.1. The second-order valence-electron chi connectivity index (χ2n) is 9.21. The van der Waals surface area contributed by atoms with Crippen molar-refractivity contribution in [1.29, 1.82) is 0 Å². The maximum atomic E-state index is 13.2. The molecule has 0 bridgehead atoms. The Morgan fingerprint density at radius 3 is 2.65 bits per heavy atom. The van der Waals surface area contributed by atoms with Crippen LogP contribution in [0.25, 0.3) is 22.2 Å². The first-order valence-electron chi connectivity index (χ1n) is 12.4. The van der Waals surface area contributed by atoms with E-state index in [0.29, 0.717) is 36.5 Å². The van der Waals surface area contributed by atoms with Crippen LogP contribution in [-0.2, 0) is 11.2 Å². The van der Waals surface area contributed by atoms with Crippen LogP contribution in [0.15, 0.2) is 72.8 Å². The van der Waals surface area contributed by atoms with Gasteiger partial charge in [0.05, 0.1) is 23.9 Å². The number of carbonyl (C=O) groups excluding carboxylic acids is 1. The number of para-hydroxylation sites is 1. The number of carbonyl (C=O) groups is 2. The molecule has 0 spiro atoms. The molecule has 0 fully saturated rings. The van der Waals surface area contributed by atoms with Crippen molar-refractivity contribution in [2.45, 2.75) is 38.1 Å². The monoisotopic (exact) mass is 514 g/mol. The average Bonchev–Trinajstić information content (AvgIpc) is 2.91. The number of fused-ring (bicyclic) bond motifs is 2. The van der Waals surface area contributed by atoms with E-state index >= 15 is 0 Å². The zero-order valence-electron chi connectivity index (χ0n) is 20.2. The minimum atomic E-state index is -0.794. The number of aliphatic carboxylic acids is 1. The molecule has 1 amide bonds. The maximum Gasteiger partial charge on any atom is 0.303 e. The summed E-state index contributed by atoms with van der Waals surface area (Å²) in [5, 5.41) is 13.7. The Bertz CT molecular complexity index is 1450. The molecule has 0 saturated heterocycles. The summed E-state index contributed by atoms with van der Waals surface area (Å²) in [6.07, 6.45) is 2.84. The van der Waals surface area contributed by atoms with Crippen molar-refractivity contribution in [3.63, 3.8) is 0 Å². The Morgan fingerprint density at radius 2 is 1.84 bits per heavy atom. The molecule has 1 atom stereocenters. The molecule has 1 aliphatic heterocycles. The van der Waals surface area contributed by atoms with E-state index in [1.807, 2.05) is 60.7 Å². The highest BCUT2D eigenvalue weighted by Gasteiger charge is 2.23.